The number of rotatable bonds is 6. The lowest BCUT2D eigenvalue weighted by Gasteiger charge is -2.07. The normalized spacial score (nSPS) is 11.3. The number of allylic oxidation sites excluding steroid dienone is 1. The maximum absolute atomic E-state index is 11.9. The van der Waals surface area contributed by atoms with Gasteiger partial charge in [-0.05, 0) is 25.0 Å². The maximum Gasteiger partial charge on any atom is 0.339 e. The Bertz CT molecular complexity index is 366. The predicted octanol–water partition coefficient (Wildman–Crippen LogP) is 4.12. The van der Waals surface area contributed by atoms with Crippen molar-refractivity contribution in [3.63, 3.8) is 0 Å². The van der Waals surface area contributed by atoms with Crippen LogP contribution in [0.5, 0.6) is 5.75 Å². The molecule has 0 amide bonds. The van der Waals surface area contributed by atoms with Crippen LogP contribution in [0.1, 0.15) is 39.5 Å². The van der Waals surface area contributed by atoms with Gasteiger partial charge in [0.25, 0.3) is 0 Å². The first-order chi connectivity index (χ1) is 8.27. The molecule has 0 atom stereocenters. The maximum atomic E-state index is 11.9. The average Bonchev–Trinajstić information content (AvgIpc) is 2.35. The molecule has 0 aliphatic carbocycles. The van der Waals surface area contributed by atoms with Gasteiger partial charge in [0.2, 0.25) is 0 Å². The van der Waals surface area contributed by atoms with Crippen LogP contribution >= 0.6 is 0 Å². The topological polar surface area (TPSA) is 26.3 Å². The Morgan fingerprint density at radius 3 is 2.47 bits per heavy atom. The summed E-state index contributed by atoms with van der Waals surface area (Å²) >= 11 is 0. The fraction of sp³-hybridized carbons (Fsp3) is 0.400. The molecular formula is C15H20O2. The molecule has 1 aromatic carbocycles. The highest BCUT2D eigenvalue weighted by Crippen LogP contribution is 2.14. The van der Waals surface area contributed by atoms with Gasteiger partial charge in [0.15, 0.2) is 0 Å². The van der Waals surface area contributed by atoms with Crippen LogP contribution in [0.2, 0.25) is 0 Å². The Labute approximate surface area is 103 Å². The minimum absolute atomic E-state index is 0.216. The van der Waals surface area contributed by atoms with E-state index in [9.17, 15) is 4.79 Å². The van der Waals surface area contributed by atoms with Gasteiger partial charge < -0.3 is 4.74 Å². The zero-order valence-corrected chi connectivity index (χ0v) is 10.6. The zero-order valence-electron chi connectivity index (χ0n) is 10.6. The van der Waals surface area contributed by atoms with Gasteiger partial charge in [0.05, 0.1) is 0 Å². The van der Waals surface area contributed by atoms with Crippen LogP contribution in [0, 0.1) is 0 Å². The molecule has 0 unspecified atom stereocenters. The summed E-state index contributed by atoms with van der Waals surface area (Å²) in [6.45, 7) is 4.16. The van der Waals surface area contributed by atoms with E-state index in [1.165, 1.54) is 0 Å². The van der Waals surface area contributed by atoms with E-state index >= 15 is 0 Å². The summed E-state index contributed by atoms with van der Waals surface area (Å²) in [5.41, 5.74) is 0.790. The summed E-state index contributed by atoms with van der Waals surface area (Å²) in [6, 6.07) is 9.20. The third-order valence-electron chi connectivity index (χ3n) is 2.41. The first-order valence-electron chi connectivity index (χ1n) is 6.24. The molecule has 92 valence electrons. The second-order valence-electron chi connectivity index (χ2n) is 3.97. The third kappa shape index (κ3) is 4.85. The highest BCUT2D eigenvalue weighted by atomic mass is 16.5. The Balaban J connectivity index is 2.65. The van der Waals surface area contributed by atoms with Gasteiger partial charge in [-0.15, -0.1) is 0 Å². The second kappa shape index (κ2) is 7.66. The van der Waals surface area contributed by atoms with Gasteiger partial charge in [-0.2, -0.15) is 0 Å². The van der Waals surface area contributed by atoms with E-state index in [4.69, 9.17) is 4.74 Å². The van der Waals surface area contributed by atoms with Crippen LogP contribution in [0.4, 0.5) is 0 Å². The SMILES string of the molecule is CCC/C=C(\CCC)C(=O)Oc1ccccc1. The second-order valence-corrected chi connectivity index (χ2v) is 3.97. The van der Waals surface area contributed by atoms with Gasteiger partial charge in [-0.3, -0.25) is 0 Å². The zero-order chi connectivity index (χ0) is 12.5. The van der Waals surface area contributed by atoms with Crippen molar-refractivity contribution in [1.82, 2.24) is 0 Å². The number of carbonyl (C=O) groups excluding carboxylic acids is 1. The molecule has 0 heterocycles. The van der Waals surface area contributed by atoms with E-state index in [2.05, 4.69) is 13.8 Å². The minimum atomic E-state index is -0.216. The van der Waals surface area contributed by atoms with Crippen LogP contribution in [0.15, 0.2) is 42.0 Å². The summed E-state index contributed by atoms with van der Waals surface area (Å²) in [5, 5.41) is 0. The molecule has 0 bridgehead atoms. The molecule has 0 aliphatic rings. The largest absolute Gasteiger partial charge is 0.423 e. The van der Waals surface area contributed by atoms with Gasteiger partial charge in [-0.25, -0.2) is 4.79 Å². The van der Waals surface area contributed by atoms with Crippen molar-refractivity contribution in [2.45, 2.75) is 39.5 Å². The van der Waals surface area contributed by atoms with Crippen molar-refractivity contribution in [3.8, 4) is 5.75 Å². The van der Waals surface area contributed by atoms with Crippen LogP contribution in [-0.2, 0) is 4.79 Å². The Kier molecular flexibility index (Phi) is 6.08. The molecule has 0 spiro atoms. The summed E-state index contributed by atoms with van der Waals surface area (Å²) in [4.78, 5) is 11.9. The number of unbranched alkanes of at least 4 members (excludes halogenated alkanes) is 1. The van der Waals surface area contributed by atoms with Crippen molar-refractivity contribution < 1.29 is 9.53 Å². The monoisotopic (exact) mass is 232 g/mol. The number of carbonyl (C=O) groups is 1. The van der Waals surface area contributed by atoms with Gasteiger partial charge in [-0.1, -0.05) is 51.0 Å². The fourth-order valence-corrected chi connectivity index (χ4v) is 1.54. The van der Waals surface area contributed by atoms with E-state index in [1.807, 2.05) is 24.3 Å². The van der Waals surface area contributed by atoms with E-state index in [0.717, 1.165) is 31.3 Å². The van der Waals surface area contributed by atoms with E-state index in [1.54, 1.807) is 12.1 Å². The molecule has 0 N–H and O–H groups in total. The lowest BCUT2D eigenvalue weighted by atomic mass is 10.1. The smallest absolute Gasteiger partial charge is 0.339 e. The van der Waals surface area contributed by atoms with Crippen LogP contribution < -0.4 is 4.74 Å². The first-order valence-corrected chi connectivity index (χ1v) is 6.24. The number of para-hydroxylation sites is 1. The fourth-order valence-electron chi connectivity index (χ4n) is 1.54. The molecule has 0 saturated carbocycles. The highest BCUT2D eigenvalue weighted by Gasteiger charge is 2.10. The van der Waals surface area contributed by atoms with Crippen molar-refractivity contribution in [1.29, 1.82) is 0 Å². The molecule has 0 saturated heterocycles. The molecular weight excluding hydrogens is 212 g/mol. The Morgan fingerprint density at radius 1 is 1.18 bits per heavy atom. The lowest BCUT2D eigenvalue weighted by molar-refractivity contribution is -0.130. The van der Waals surface area contributed by atoms with E-state index in [-0.39, 0.29) is 5.97 Å². The van der Waals surface area contributed by atoms with Gasteiger partial charge in [0, 0.05) is 5.57 Å². The quantitative estimate of drug-likeness (QED) is 0.419. The minimum Gasteiger partial charge on any atom is -0.423 e. The lowest BCUT2D eigenvalue weighted by Crippen LogP contribution is -2.11. The van der Waals surface area contributed by atoms with Crippen LogP contribution in [0.25, 0.3) is 0 Å². The summed E-state index contributed by atoms with van der Waals surface area (Å²) in [7, 11) is 0. The summed E-state index contributed by atoms with van der Waals surface area (Å²) in [5.74, 6) is 0.391. The molecule has 2 nitrogen and oxygen atoms in total. The number of benzene rings is 1. The third-order valence-corrected chi connectivity index (χ3v) is 2.41. The first kappa shape index (κ1) is 13.5. The molecule has 0 fully saturated rings. The highest BCUT2D eigenvalue weighted by molar-refractivity contribution is 5.90. The average molecular weight is 232 g/mol. The molecule has 0 aliphatic heterocycles. The summed E-state index contributed by atoms with van der Waals surface area (Å²) in [6.07, 6.45) is 5.71. The van der Waals surface area contributed by atoms with Crippen molar-refractivity contribution >= 4 is 5.97 Å². The van der Waals surface area contributed by atoms with Crippen molar-refractivity contribution in [2.24, 2.45) is 0 Å². The number of hydrogen-bond acceptors (Lipinski definition) is 2. The number of ether oxygens (including phenoxy) is 1. The van der Waals surface area contributed by atoms with Gasteiger partial charge >= 0.3 is 5.97 Å². The standard InChI is InChI=1S/C15H20O2/c1-3-5-10-13(9-4-2)15(16)17-14-11-7-6-8-12-14/h6-8,10-12H,3-5,9H2,1-2H3/b13-10+. The van der Waals surface area contributed by atoms with Crippen molar-refractivity contribution in [3.05, 3.63) is 42.0 Å². The van der Waals surface area contributed by atoms with Crippen molar-refractivity contribution in [2.75, 3.05) is 0 Å². The predicted molar refractivity (Wildman–Crippen MR) is 70.0 cm³/mol. The van der Waals surface area contributed by atoms with Gasteiger partial charge in [0.1, 0.15) is 5.75 Å². The number of esters is 1. The molecule has 1 aromatic rings. The molecule has 1 rings (SSSR count). The number of hydrogen-bond donors (Lipinski definition) is 0. The van der Waals surface area contributed by atoms with Crippen LogP contribution in [0.3, 0.4) is 0 Å². The Morgan fingerprint density at radius 2 is 1.88 bits per heavy atom. The van der Waals surface area contributed by atoms with E-state index < -0.39 is 0 Å². The molecule has 0 aromatic heterocycles. The molecule has 0 radical (unpaired) electrons. The molecule has 17 heavy (non-hydrogen) atoms. The Hall–Kier alpha value is -1.57. The van der Waals surface area contributed by atoms with E-state index in [0.29, 0.717) is 5.75 Å². The van der Waals surface area contributed by atoms with Crippen LogP contribution in [-0.4, -0.2) is 5.97 Å². The summed E-state index contributed by atoms with van der Waals surface area (Å²) < 4.78 is 5.32. The molecule has 2 heteroatoms.